The quantitative estimate of drug-likeness (QED) is 0.331. The SMILES string of the molecule is [N-]=[N+]=NC1(N)C=CC=CC1. The summed E-state index contributed by atoms with van der Waals surface area (Å²) in [6, 6.07) is 0. The van der Waals surface area contributed by atoms with Gasteiger partial charge in [0, 0.05) is 4.91 Å². The van der Waals surface area contributed by atoms with Crippen LogP contribution in [-0.2, 0) is 0 Å². The fraction of sp³-hybridized carbons (Fsp3) is 0.333. The molecule has 0 heterocycles. The molecule has 10 heavy (non-hydrogen) atoms. The Morgan fingerprint density at radius 3 is 2.90 bits per heavy atom. The van der Waals surface area contributed by atoms with Crippen molar-refractivity contribution in [3.63, 3.8) is 0 Å². The molecular formula is C6H8N4. The van der Waals surface area contributed by atoms with E-state index < -0.39 is 5.66 Å². The summed E-state index contributed by atoms with van der Waals surface area (Å²) in [5, 5.41) is 3.44. The molecule has 4 nitrogen and oxygen atoms in total. The number of rotatable bonds is 1. The van der Waals surface area contributed by atoms with E-state index in [1.54, 1.807) is 12.2 Å². The second-order valence-corrected chi connectivity index (χ2v) is 2.17. The van der Waals surface area contributed by atoms with E-state index in [9.17, 15) is 0 Å². The minimum Gasteiger partial charge on any atom is -0.317 e. The molecule has 1 rings (SSSR count). The van der Waals surface area contributed by atoms with Crippen molar-refractivity contribution < 1.29 is 0 Å². The van der Waals surface area contributed by atoms with Crippen molar-refractivity contribution >= 4 is 0 Å². The molecular weight excluding hydrogens is 128 g/mol. The van der Waals surface area contributed by atoms with Crippen LogP contribution in [0.1, 0.15) is 6.42 Å². The Kier molecular flexibility index (Phi) is 1.76. The van der Waals surface area contributed by atoms with Crippen molar-refractivity contribution in [3.05, 3.63) is 34.7 Å². The molecule has 52 valence electrons. The van der Waals surface area contributed by atoms with Crippen LogP contribution in [0.3, 0.4) is 0 Å². The van der Waals surface area contributed by atoms with E-state index in [-0.39, 0.29) is 0 Å². The van der Waals surface area contributed by atoms with Crippen molar-refractivity contribution in [1.82, 2.24) is 0 Å². The van der Waals surface area contributed by atoms with Crippen LogP contribution in [0.15, 0.2) is 29.4 Å². The lowest BCUT2D eigenvalue weighted by Gasteiger charge is -2.18. The van der Waals surface area contributed by atoms with Gasteiger partial charge in [0.2, 0.25) is 0 Å². The van der Waals surface area contributed by atoms with Gasteiger partial charge in [0.15, 0.2) is 0 Å². The van der Waals surface area contributed by atoms with Crippen molar-refractivity contribution in [2.75, 3.05) is 0 Å². The monoisotopic (exact) mass is 136 g/mol. The summed E-state index contributed by atoms with van der Waals surface area (Å²) >= 11 is 0. The number of nitrogens with zero attached hydrogens (tertiary/aromatic N) is 3. The highest BCUT2D eigenvalue weighted by Gasteiger charge is 2.18. The zero-order valence-electron chi connectivity index (χ0n) is 5.44. The summed E-state index contributed by atoms with van der Waals surface area (Å²) in [6.07, 6.45) is 7.78. The van der Waals surface area contributed by atoms with Gasteiger partial charge in [-0.2, -0.15) is 0 Å². The average Bonchev–Trinajstić information content (AvgIpc) is 1.89. The summed E-state index contributed by atoms with van der Waals surface area (Å²) < 4.78 is 0. The maximum absolute atomic E-state index is 8.10. The molecule has 2 N–H and O–H groups in total. The number of nitrogens with two attached hydrogens (primary N) is 1. The first-order chi connectivity index (χ1) is 4.77. The van der Waals surface area contributed by atoms with Gasteiger partial charge in [-0.05, 0) is 12.0 Å². The molecule has 0 saturated carbocycles. The summed E-state index contributed by atoms with van der Waals surface area (Å²) in [7, 11) is 0. The molecule has 1 unspecified atom stereocenters. The van der Waals surface area contributed by atoms with Gasteiger partial charge in [0.25, 0.3) is 0 Å². The normalized spacial score (nSPS) is 29.7. The lowest BCUT2D eigenvalue weighted by atomic mass is 10.0. The zero-order valence-corrected chi connectivity index (χ0v) is 5.44. The van der Waals surface area contributed by atoms with E-state index in [1.165, 1.54) is 0 Å². The number of azide groups is 1. The van der Waals surface area contributed by atoms with E-state index >= 15 is 0 Å². The summed E-state index contributed by atoms with van der Waals surface area (Å²) in [4.78, 5) is 2.65. The van der Waals surface area contributed by atoms with Crippen LogP contribution in [0.2, 0.25) is 0 Å². The molecule has 1 atom stereocenters. The Hall–Kier alpha value is -1.25. The zero-order chi connectivity index (χ0) is 7.45. The number of hydrogen-bond donors (Lipinski definition) is 1. The molecule has 0 aliphatic heterocycles. The van der Waals surface area contributed by atoms with E-state index in [1.807, 2.05) is 12.2 Å². The van der Waals surface area contributed by atoms with Gasteiger partial charge in [-0.25, -0.2) is 0 Å². The Labute approximate surface area is 58.7 Å². The molecule has 1 aliphatic carbocycles. The molecule has 1 aliphatic rings. The van der Waals surface area contributed by atoms with Gasteiger partial charge in [-0.15, -0.1) is 0 Å². The van der Waals surface area contributed by atoms with Gasteiger partial charge >= 0.3 is 0 Å². The lowest BCUT2D eigenvalue weighted by molar-refractivity contribution is 0.554. The van der Waals surface area contributed by atoms with Crippen LogP contribution in [0.25, 0.3) is 10.4 Å². The lowest BCUT2D eigenvalue weighted by Crippen LogP contribution is -2.34. The Morgan fingerprint density at radius 2 is 2.40 bits per heavy atom. The predicted molar refractivity (Wildman–Crippen MR) is 39.0 cm³/mol. The van der Waals surface area contributed by atoms with Crippen LogP contribution in [0.5, 0.6) is 0 Å². The smallest absolute Gasteiger partial charge is 0.117 e. The number of hydrogen-bond acceptors (Lipinski definition) is 2. The van der Waals surface area contributed by atoms with E-state index in [2.05, 4.69) is 10.0 Å². The molecule has 0 aromatic rings. The van der Waals surface area contributed by atoms with Crippen molar-refractivity contribution in [1.29, 1.82) is 0 Å². The fourth-order valence-electron chi connectivity index (χ4n) is 0.783. The highest BCUT2D eigenvalue weighted by atomic mass is 15.2. The van der Waals surface area contributed by atoms with Crippen molar-refractivity contribution in [3.8, 4) is 0 Å². The first-order valence-electron chi connectivity index (χ1n) is 2.96. The van der Waals surface area contributed by atoms with E-state index in [0.717, 1.165) is 0 Å². The molecule has 0 spiro atoms. The highest BCUT2D eigenvalue weighted by Crippen LogP contribution is 2.15. The van der Waals surface area contributed by atoms with Gasteiger partial charge in [-0.3, -0.25) is 0 Å². The molecule has 4 heteroatoms. The Balaban J connectivity index is 2.79. The maximum Gasteiger partial charge on any atom is 0.117 e. The third-order valence-electron chi connectivity index (χ3n) is 1.31. The summed E-state index contributed by atoms with van der Waals surface area (Å²) in [6.45, 7) is 0. The van der Waals surface area contributed by atoms with Crippen LogP contribution in [0.4, 0.5) is 0 Å². The highest BCUT2D eigenvalue weighted by molar-refractivity contribution is 5.18. The molecule has 0 aromatic carbocycles. The second kappa shape index (κ2) is 2.56. The van der Waals surface area contributed by atoms with Gasteiger partial charge in [0.05, 0.1) is 0 Å². The van der Waals surface area contributed by atoms with Gasteiger partial charge in [0.1, 0.15) is 5.66 Å². The maximum atomic E-state index is 8.10. The minimum absolute atomic E-state index is 0.577. The molecule has 0 aromatic heterocycles. The fourth-order valence-corrected chi connectivity index (χ4v) is 0.783. The van der Waals surface area contributed by atoms with Crippen LogP contribution in [0, 0.1) is 0 Å². The van der Waals surface area contributed by atoms with Crippen LogP contribution >= 0.6 is 0 Å². The van der Waals surface area contributed by atoms with Crippen molar-refractivity contribution in [2.45, 2.75) is 12.1 Å². The average molecular weight is 136 g/mol. The van der Waals surface area contributed by atoms with Crippen LogP contribution in [-0.4, -0.2) is 5.66 Å². The molecule has 0 radical (unpaired) electrons. The third kappa shape index (κ3) is 1.37. The first kappa shape index (κ1) is 6.86. The predicted octanol–water partition coefficient (Wildman–Crippen LogP) is 1.47. The van der Waals surface area contributed by atoms with E-state index in [4.69, 9.17) is 11.3 Å². The van der Waals surface area contributed by atoms with Crippen molar-refractivity contribution in [2.24, 2.45) is 10.8 Å². The van der Waals surface area contributed by atoms with Gasteiger partial charge in [-0.1, -0.05) is 29.4 Å². The minimum atomic E-state index is -0.830. The second-order valence-electron chi connectivity index (χ2n) is 2.17. The standard InChI is InChI=1S/C6H8N4/c7-6(9-10-8)4-2-1-3-5-6/h1-4H,5,7H2. The summed E-state index contributed by atoms with van der Waals surface area (Å²) in [5.41, 5.74) is 12.9. The molecule has 0 saturated heterocycles. The topological polar surface area (TPSA) is 74.8 Å². The molecule has 0 fully saturated rings. The van der Waals surface area contributed by atoms with E-state index in [0.29, 0.717) is 6.42 Å². The molecule has 0 bridgehead atoms. The summed E-state index contributed by atoms with van der Waals surface area (Å²) in [5.74, 6) is 0. The Morgan fingerprint density at radius 1 is 1.60 bits per heavy atom. The van der Waals surface area contributed by atoms with Gasteiger partial charge < -0.3 is 5.73 Å². The Bertz CT molecular complexity index is 224. The number of allylic oxidation sites excluding steroid dienone is 2. The third-order valence-corrected chi connectivity index (χ3v) is 1.31. The first-order valence-corrected chi connectivity index (χ1v) is 2.96. The molecule has 0 amide bonds. The van der Waals surface area contributed by atoms with Crippen LogP contribution < -0.4 is 5.73 Å². The largest absolute Gasteiger partial charge is 0.317 e.